The van der Waals surface area contributed by atoms with Crippen molar-refractivity contribution in [3.63, 3.8) is 0 Å². The van der Waals surface area contributed by atoms with Gasteiger partial charge in [0.15, 0.2) is 5.75 Å². The highest BCUT2D eigenvalue weighted by Gasteiger charge is 2.11. The third-order valence-electron chi connectivity index (χ3n) is 2.50. The molecule has 0 fully saturated rings. The molecule has 0 radical (unpaired) electrons. The summed E-state index contributed by atoms with van der Waals surface area (Å²) < 4.78 is 5.62. The molecule has 110 valence electrons. The van der Waals surface area contributed by atoms with Crippen molar-refractivity contribution in [1.29, 1.82) is 0 Å². The number of carboxylic acids is 1. The SMILES string of the molecule is O=C(O)C=Cc1ccsc1COc1c(Cl)cc(Cl)cc1Cl. The highest BCUT2D eigenvalue weighted by Crippen LogP contribution is 2.36. The lowest BCUT2D eigenvalue weighted by Crippen LogP contribution is -1.96. The maximum absolute atomic E-state index is 10.5. The molecule has 0 aliphatic carbocycles. The second-order valence-electron chi connectivity index (χ2n) is 3.96. The van der Waals surface area contributed by atoms with Crippen LogP contribution in [0.3, 0.4) is 0 Å². The third-order valence-corrected chi connectivity index (χ3v) is 4.19. The zero-order valence-corrected chi connectivity index (χ0v) is 13.6. The Balaban J connectivity index is 2.14. The molecule has 0 spiro atoms. The average Bonchev–Trinajstić information content (AvgIpc) is 2.82. The fourth-order valence-electron chi connectivity index (χ4n) is 1.58. The van der Waals surface area contributed by atoms with Gasteiger partial charge in [0.05, 0.1) is 10.0 Å². The molecule has 1 heterocycles. The fourth-order valence-corrected chi connectivity index (χ4v) is 3.29. The van der Waals surface area contributed by atoms with Gasteiger partial charge in [-0.05, 0) is 35.2 Å². The molecule has 0 saturated heterocycles. The lowest BCUT2D eigenvalue weighted by atomic mass is 10.2. The normalized spacial score (nSPS) is 11.0. The minimum Gasteiger partial charge on any atom is -0.485 e. The monoisotopic (exact) mass is 362 g/mol. The Morgan fingerprint density at radius 3 is 2.57 bits per heavy atom. The maximum Gasteiger partial charge on any atom is 0.328 e. The largest absolute Gasteiger partial charge is 0.485 e. The summed E-state index contributed by atoms with van der Waals surface area (Å²) in [6.07, 6.45) is 2.59. The number of benzene rings is 1. The van der Waals surface area contributed by atoms with Gasteiger partial charge in [0.1, 0.15) is 6.61 Å². The quantitative estimate of drug-likeness (QED) is 0.725. The van der Waals surface area contributed by atoms with E-state index in [-0.39, 0.29) is 6.61 Å². The Hall–Kier alpha value is -1.20. The highest BCUT2D eigenvalue weighted by molar-refractivity contribution is 7.10. The Kier molecular flexibility index (Phi) is 5.53. The Labute approximate surface area is 140 Å². The molecule has 0 aliphatic rings. The zero-order valence-electron chi connectivity index (χ0n) is 10.5. The van der Waals surface area contributed by atoms with Gasteiger partial charge in [-0.1, -0.05) is 34.8 Å². The first-order valence-electron chi connectivity index (χ1n) is 5.72. The summed E-state index contributed by atoms with van der Waals surface area (Å²) in [7, 11) is 0. The van der Waals surface area contributed by atoms with Crippen LogP contribution in [0.15, 0.2) is 29.7 Å². The van der Waals surface area contributed by atoms with Gasteiger partial charge >= 0.3 is 5.97 Å². The molecule has 0 amide bonds. The van der Waals surface area contributed by atoms with Gasteiger partial charge in [-0.25, -0.2) is 4.79 Å². The van der Waals surface area contributed by atoms with Gasteiger partial charge in [-0.2, -0.15) is 0 Å². The van der Waals surface area contributed by atoms with E-state index in [1.165, 1.54) is 17.4 Å². The van der Waals surface area contributed by atoms with E-state index in [4.69, 9.17) is 44.6 Å². The molecule has 2 aromatic rings. The van der Waals surface area contributed by atoms with Crippen LogP contribution in [-0.4, -0.2) is 11.1 Å². The van der Waals surface area contributed by atoms with Crippen LogP contribution in [0.25, 0.3) is 6.08 Å². The van der Waals surface area contributed by atoms with E-state index >= 15 is 0 Å². The first-order chi connectivity index (χ1) is 9.97. The molecule has 3 nitrogen and oxygen atoms in total. The molecule has 7 heteroatoms. The minimum atomic E-state index is -1.00. The van der Waals surface area contributed by atoms with Gasteiger partial charge in [-0.3, -0.25) is 0 Å². The summed E-state index contributed by atoms with van der Waals surface area (Å²) in [6, 6.07) is 4.90. The Morgan fingerprint density at radius 2 is 1.95 bits per heavy atom. The molecule has 0 atom stereocenters. The number of aliphatic carboxylic acids is 1. The number of hydrogen-bond acceptors (Lipinski definition) is 3. The van der Waals surface area contributed by atoms with Crippen molar-refractivity contribution in [3.8, 4) is 5.75 Å². The summed E-state index contributed by atoms with van der Waals surface area (Å²) in [5.74, 6) is -0.652. The number of carbonyl (C=O) groups is 1. The van der Waals surface area contributed by atoms with Crippen LogP contribution in [0.5, 0.6) is 5.75 Å². The lowest BCUT2D eigenvalue weighted by molar-refractivity contribution is -0.131. The molecule has 1 aromatic heterocycles. The molecule has 21 heavy (non-hydrogen) atoms. The van der Waals surface area contributed by atoms with E-state index in [2.05, 4.69) is 0 Å². The molecular weight excluding hydrogens is 355 g/mol. The second kappa shape index (κ2) is 7.18. The number of carboxylic acid groups (broad SMARTS) is 1. The van der Waals surface area contributed by atoms with Crippen LogP contribution >= 0.6 is 46.1 Å². The number of ether oxygens (including phenoxy) is 1. The first-order valence-corrected chi connectivity index (χ1v) is 7.73. The maximum atomic E-state index is 10.5. The minimum absolute atomic E-state index is 0.234. The summed E-state index contributed by atoms with van der Waals surface area (Å²) in [4.78, 5) is 11.4. The van der Waals surface area contributed by atoms with E-state index < -0.39 is 5.97 Å². The van der Waals surface area contributed by atoms with Crippen LogP contribution in [0, 0.1) is 0 Å². The highest BCUT2D eigenvalue weighted by atomic mass is 35.5. The first kappa shape index (κ1) is 16.2. The molecular formula is C14H9Cl3O3S. The summed E-state index contributed by atoms with van der Waals surface area (Å²) in [5.41, 5.74) is 0.781. The van der Waals surface area contributed by atoms with Crippen molar-refractivity contribution in [2.24, 2.45) is 0 Å². The van der Waals surface area contributed by atoms with Gasteiger partial charge in [-0.15, -0.1) is 11.3 Å². The molecule has 1 aromatic carbocycles. The van der Waals surface area contributed by atoms with Crippen molar-refractivity contribution < 1.29 is 14.6 Å². The molecule has 2 rings (SSSR count). The van der Waals surface area contributed by atoms with Crippen LogP contribution in [0.1, 0.15) is 10.4 Å². The molecule has 0 aliphatic heterocycles. The topological polar surface area (TPSA) is 46.5 Å². The van der Waals surface area contributed by atoms with Crippen molar-refractivity contribution in [1.82, 2.24) is 0 Å². The molecule has 1 N–H and O–H groups in total. The van der Waals surface area contributed by atoms with Crippen molar-refractivity contribution >= 4 is 58.2 Å². The summed E-state index contributed by atoms with van der Waals surface area (Å²) in [5, 5.41) is 11.6. The second-order valence-corrected chi connectivity index (χ2v) is 6.21. The van der Waals surface area contributed by atoms with Crippen LogP contribution < -0.4 is 4.74 Å². The van der Waals surface area contributed by atoms with Gasteiger partial charge in [0.25, 0.3) is 0 Å². The number of hydrogen-bond donors (Lipinski definition) is 1. The standard InChI is InChI=1S/C14H9Cl3O3S/c15-9-5-10(16)14(11(17)6-9)20-7-12-8(3-4-21-12)1-2-13(18)19/h1-6H,7H2,(H,18,19). The predicted molar refractivity (Wildman–Crippen MR) is 86.8 cm³/mol. The summed E-state index contributed by atoms with van der Waals surface area (Å²) in [6.45, 7) is 0.234. The molecule has 0 unspecified atom stereocenters. The van der Waals surface area contributed by atoms with E-state index in [1.807, 2.05) is 11.4 Å². The Bertz CT molecular complexity index is 672. The average molecular weight is 364 g/mol. The Morgan fingerprint density at radius 1 is 1.29 bits per heavy atom. The van der Waals surface area contributed by atoms with E-state index in [0.29, 0.717) is 20.8 Å². The number of rotatable bonds is 5. The van der Waals surface area contributed by atoms with Gasteiger partial charge in [0.2, 0.25) is 0 Å². The zero-order chi connectivity index (χ0) is 15.4. The summed E-state index contributed by atoms with van der Waals surface area (Å²) >= 11 is 19.4. The molecule has 0 bridgehead atoms. The number of halogens is 3. The number of thiophene rings is 1. The van der Waals surface area contributed by atoms with Crippen LogP contribution in [-0.2, 0) is 11.4 Å². The van der Waals surface area contributed by atoms with Crippen molar-refractivity contribution in [2.45, 2.75) is 6.61 Å². The van der Waals surface area contributed by atoms with E-state index in [0.717, 1.165) is 16.5 Å². The van der Waals surface area contributed by atoms with Crippen LogP contribution in [0.2, 0.25) is 15.1 Å². The van der Waals surface area contributed by atoms with Crippen molar-refractivity contribution in [3.05, 3.63) is 55.2 Å². The van der Waals surface area contributed by atoms with E-state index in [1.54, 1.807) is 12.1 Å². The van der Waals surface area contributed by atoms with Gasteiger partial charge < -0.3 is 9.84 Å². The molecule has 0 saturated carbocycles. The third kappa shape index (κ3) is 4.38. The van der Waals surface area contributed by atoms with Crippen molar-refractivity contribution in [2.75, 3.05) is 0 Å². The lowest BCUT2D eigenvalue weighted by Gasteiger charge is -2.10. The fraction of sp³-hybridized carbons (Fsp3) is 0.0714. The predicted octanol–water partition coefficient (Wildman–Crippen LogP) is 5.39. The van der Waals surface area contributed by atoms with Gasteiger partial charge in [0, 0.05) is 16.0 Å². The smallest absolute Gasteiger partial charge is 0.328 e. The van der Waals surface area contributed by atoms with E-state index in [9.17, 15) is 4.79 Å². The van der Waals surface area contributed by atoms with Crippen LogP contribution in [0.4, 0.5) is 0 Å².